The van der Waals surface area contributed by atoms with Crippen molar-refractivity contribution in [2.24, 2.45) is 0 Å². The molecule has 1 aliphatic heterocycles. The predicted octanol–water partition coefficient (Wildman–Crippen LogP) is 4.52. The summed E-state index contributed by atoms with van der Waals surface area (Å²) < 4.78 is 5.43. The molecule has 1 saturated carbocycles. The number of rotatable bonds is 4. The lowest BCUT2D eigenvalue weighted by atomic mass is 9.44. The first kappa shape index (κ1) is 19.5. The fraction of sp³-hybridized carbons (Fsp3) is 0.269. The summed E-state index contributed by atoms with van der Waals surface area (Å²) in [5, 5.41) is 0. The molecule has 31 heavy (non-hydrogen) atoms. The number of anilines is 1. The molecule has 5 nitrogen and oxygen atoms in total. The topological polar surface area (TPSA) is 59.5 Å². The maximum atomic E-state index is 14.3. The van der Waals surface area contributed by atoms with Gasteiger partial charge >= 0.3 is 0 Å². The summed E-state index contributed by atoms with van der Waals surface area (Å²) >= 11 is 0. The van der Waals surface area contributed by atoms with Crippen molar-refractivity contribution in [3.05, 3.63) is 89.7 Å². The molecule has 2 heterocycles. The van der Waals surface area contributed by atoms with Gasteiger partial charge < -0.3 is 9.64 Å². The van der Waals surface area contributed by atoms with Gasteiger partial charge in [0.05, 0.1) is 18.1 Å². The van der Waals surface area contributed by atoms with Crippen LogP contribution in [0, 0.1) is 0 Å². The molecular weight excluding hydrogens is 388 g/mol. The standard InChI is InChI=1S/C26H24N2O3/c1-17(29)28-23-12-8-7-11-20(23)26(24(30)18-9-5-4-6-10-18)21(16-25(26,28)2)22-15-19(31-3)13-14-27-22/h4-15,21H,16H2,1-3H3/t21-,25+,26-/m1/s1. The van der Waals surface area contributed by atoms with Crippen LogP contribution >= 0.6 is 0 Å². The summed E-state index contributed by atoms with van der Waals surface area (Å²) in [4.78, 5) is 33.6. The summed E-state index contributed by atoms with van der Waals surface area (Å²) in [6.07, 6.45) is 2.36. The zero-order chi connectivity index (χ0) is 21.8. The molecule has 3 atom stereocenters. The monoisotopic (exact) mass is 412 g/mol. The van der Waals surface area contributed by atoms with Gasteiger partial charge in [-0.1, -0.05) is 48.5 Å². The molecule has 1 amide bonds. The second kappa shape index (κ2) is 6.77. The third kappa shape index (κ3) is 2.40. The van der Waals surface area contributed by atoms with E-state index in [1.54, 1.807) is 26.3 Å². The molecule has 2 aromatic carbocycles. The number of fused-ring (bicyclic) bond motifs is 3. The van der Waals surface area contributed by atoms with Gasteiger partial charge in [0.25, 0.3) is 0 Å². The Kier molecular flexibility index (Phi) is 4.26. The molecule has 3 aromatic rings. The SMILES string of the molecule is COc1ccnc([C@H]2C[C@]3(C)N(C(C)=O)c4ccccc4[C@]23C(=O)c2ccccc2)c1. The summed E-state index contributed by atoms with van der Waals surface area (Å²) in [5.41, 5.74) is 1.55. The number of hydrogen-bond donors (Lipinski definition) is 0. The van der Waals surface area contributed by atoms with Gasteiger partial charge in [0.15, 0.2) is 5.78 Å². The molecule has 2 aliphatic rings. The highest BCUT2D eigenvalue weighted by molar-refractivity contribution is 6.13. The van der Waals surface area contributed by atoms with Gasteiger partial charge in [-0.05, 0) is 31.0 Å². The van der Waals surface area contributed by atoms with Crippen molar-refractivity contribution in [1.82, 2.24) is 4.98 Å². The number of ketones is 1. The maximum absolute atomic E-state index is 14.3. The Balaban J connectivity index is 1.79. The normalized spacial score (nSPS) is 25.9. The first-order valence-electron chi connectivity index (χ1n) is 10.4. The Morgan fingerprint density at radius 2 is 1.77 bits per heavy atom. The molecule has 0 saturated heterocycles. The van der Waals surface area contributed by atoms with Gasteiger partial charge in [0.2, 0.25) is 5.91 Å². The summed E-state index contributed by atoms with van der Waals surface area (Å²) in [5.74, 6) is 0.490. The molecule has 0 radical (unpaired) electrons. The van der Waals surface area contributed by atoms with Gasteiger partial charge in [-0.25, -0.2) is 0 Å². The van der Waals surface area contributed by atoms with Crippen molar-refractivity contribution in [2.75, 3.05) is 12.0 Å². The maximum Gasteiger partial charge on any atom is 0.224 e. The minimum absolute atomic E-state index is 0.0210. The van der Waals surface area contributed by atoms with Crippen molar-refractivity contribution in [2.45, 2.75) is 37.1 Å². The quantitative estimate of drug-likeness (QED) is 0.591. The van der Waals surface area contributed by atoms with Crippen LogP contribution in [-0.4, -0.2) is 29.3 Å². The van der Waals surface area contributed by atoms with Gasteiger partial charge in [0.1, 0.15) is 5.75 Å². The number of benzene rings is 2. The van der Waals surface area contributed by atoms with E-state index in [4.69, 9.17) is 4.74 Å². The molecule has 1 fully saturated rings. The van der Waals surface area contributed by atoms with Crippen LogP contribution in [0.5, 0.6) is 5.75 Å². The van der Waals surface area contributed by atoms with Gasteiger partial charge in [-0.2, -0.15) is 0 Å². The van der Waals surface area contributed by atoms with E-state index in [2.05, 4.69) is 4.98 Å². The van der Waals surface area contributed by atoms with Gasteiger partial charge in [-0.15, -0.1) is 0 Å². The Labute approximate surface area is 181 Å². The summed E-state index contributed by atoms with van der Waals surface area (Å²) in [6, 6.07) is 20.9. The Hall–Kier alpha value is -3.47. The fourth-order valence-electron chi connectivity index (χ4n) is 5.90. The molecule has 156 valence electrons. The fourth-order valence-corrected chi connectivity index (χ4v) is 5.90. The number of nitrogens with zero attached hydrogens (tertiary/aromatic N) is 2. The zero-order valence-electron chi connectivity index (χ0n) is 17.8. The number of hydrogen-bond acceptors (Lipinski definition) is 4. The van der Waals surface area contributed by atoms with Gasteiger partial charge in [0, 0.05) is 42.0 Å². The molecule has 5 rings (SSSR count). The van der Waals surface area contributed by atoms with Crippen LogP contribution in [-0.2, 0) is 10.2 Å². The van der Waals surface area contributed by atoms with E-state index in [0.29, 0.717) is 17.7 Å². The lowest BCUT2D eigenvalue weighted by molar-refractivity contribution is -0.118. The van der Waals surface area contributed by atoms with Crippen molar-refractivity contribution in [3.63, 3.8) is 0 Å². The summed E-state index contributed by atoms with van der Waals surface area (Å²) in [6.45, 7) is 3.61. The number of pyridine rings is 1. The molecule has 0 unspecified atom stereocenters. The van der Waals surface area contributed by atoms with E-state index in [-0.39, 0.29) is 17.6 Å². The molecule has 1 aliphatic carbocycles. The number of para-hydroxylation sites is 1. The number of aromatic nitrogens is 1. The Morgan fingerprint density at radius 3 is 2.48 bits per heavy atom. The largest absolute Gasteiger partial charge is 0.497 e. The zero-order valence-corrected chi connectivity index (χ0v) is 17.8. The first-order chi connectivity index (χ1) is 14.9. The van der Waals surface area contributed by atoms with Crippen LogP contribution in [0.1, 0.15) is 47.8 Å². The summed E-state index contributed by atoms with van der Waals surface area (Å²) in [7, 11) is 1.62. The highest BCUT2D eigenvalue weighted by atomic mass is 16.5. The average Bonchev–Trinajstić information content (AvgIpc) is 2.96. The molecule has 0 N–H and O–H groups in total. The first-order valence-corrected chi connectivity index (χ1v) is 10.4. The van der Waals surface area contributed by atoms with E-state index in [1.165, 1.54) is 0 Å². The van der Waals surface area contributed by atoms with Crippen LogP contribution in [0.25, 0.3) is 0 Å². The van der Waals surface area contributed by atoms with E-state index in [1.807, 2.05) is 72.5 Å². The van der Waals surface area contributed by atoms with Crippen LogP contribution in [0.2, 0.25) is 0 Å². The number of carbonyl (C=O) groups is 2. The van der Waals surface area contributed by atoms with Gasteiger partial charge in [-0.3, -0.25) is 14.6 Å². The lowest BCUT2D eigenvalue weighted by Gasteiger charge is -2.60. The van der Waals surface area contributed by atoms with Crippen LogP contribution in [0.3, 0.4) is 0 Å². The molecule has 0 spiro atoms. The highest BCUT2D eigenvalue weighted by Gasteiger charge is 2.75. The lowest BCUT2D eigenvalue weighted by Crippen LogP contribution is -2.71. The number of Topliss-reactive ketones (excluding diaryl/α,β-unsaturated/α-hetero) is 1. The third-order valence-corrected chi connectivity index (χ3v) is 7.09. The van der Waals surface area contributed by atoms with Crippen LogP contribution in [0.4, 0.5) is 5.69 Å². The third-order valence-electron chi connectivity index (χ3n) is 7.09. The molecule has 1 aromatic heterocycles. The number of amides is 1. The molecule has 5 heteroatoms. The van der Waals surface area contributed by atoms with Crippen molar-refractivity contribution in [1.29, 1.82) is 0 Å². The van der Waals surface area contributed by atoms with Crippen LogP contribution < -0.4 is 9.64 Å². The number of methoxy groups -OCH3 is 1. The number of carbonyl (C=O) groups excluding carboxylic acids is 2. The van der Waals surface area contributed by atoms with E-state index in [0.717, 1.165) is 16.9 Å². The predicted molar refractivity (Wildman–Crippen MR) is 119 cm³/mol. The Morgan fingerprint density at radius 1 is 1.06 bits per heavy atom. The van der Waals surface area contributed by atoms with E-state index < -0.39 is 11.0 Å². The van der Waals surface area contributed by atoms with Crippen molar-refractivity contribution < 1.29 is 14.3 Å². The van der Waals surface area contributed by atoms with Crippen molar-refractivity contribution >= 4 is 17.4 Å². The second-order valence-electron chi connectivity index (χ2n) is 8.53. The smallest absolute Gasteiger partial charge is 0.224 e. The van der Waals surface area contributed by atoms with Crippen LogP contribution in [0.15, 0.2) is 72.9 Å². The highest BCUT2D eigenvalue weighted by Crippen LogP contribution is 2.70. The number of ether oxygens (including phenoxy) is 1. The minimum Gasteiger partial charge on any atom is -0.497 e. The minimum atomic E-state index is -0.921. The molecule has 0 bridgehead atoms. The van der Waals surface area contributed by atoms with Crippen molar-refractivity contribution in [3.8, 4) is 5.75 Å². The Bertz CT molecular complexity index is 1190. The van der Waals surface area contributed by atoms with E-state index >= 15 is 0 Å². The average molecular weight is 412 g/mol. The molecular formula is C26H24N2O3. The second-order valence-corrected chi connectivity index (χ2v) is 8.53. The van der Waals surface area contributed by atoms with E-state index in [9.17, 15) is 9.59 Å².